The minimum Gasteiger partial charge on any atom is -0.434 e. The zero-order valence-corrected chi connectivity index (χ0v) is 11.6. The van der Waals surface area contributed by atoms with Gasteiger partial charge in [-0.15, -0.1) is 0 Å². The van der Waals surface area contributed by atoms with Gasteiger partial charge in [-0.05, 0) is 29.8 Å². The second-order valence-electron chi connectivity index (χ2n) is 4.05. The quantitative estimate of drug-likeness (QED) is 0.581. The van der Waals surface area contributed by atoms with Gasteiger partial charge in [0.05, 0.1) is 6.21 Å². The molecule has 0 amide bonds. The number of alkyl halides is 2. The molecule has 0 atom stereocenters. The van der Waals surface area contributed by atoms with Crippen LogP contribution in [0.2, 0.25) is 5.02 Å². The predicted molar refractivity (Wildman–Crippen MR) is 76.9 cm³/mol. The Bertz CT molecular complexity index is 620. The molecule has 21 heavy (non-hydrogen) atoms. The van der Waals surface area contributed by atoms with Crippen molar-refractivity contribution in [3.8, 4) is 5.75 Å². The molecule has 0 bridgehead atoms. The van der Waals surface area contributed by atoms with Crippen LogP contribution in [0.25, 0.3) is 0 Å². The largest absolute Gasteiger partial charge is 0.434 e. The molecule has 0 aliphatic rings. The summed E-state index contributed by atoms with van der Waals surface area (Å²) in [6, 6.07) is 13.5. The first-order valence-electron chi connectivity index (χ1n) is 6.09. The molecule has 0 saturated heterocycles. The molecule has 0 aliphatic carbocycles. The van der Waals surface area contributed by atoms with Crippen LogP contribution in [0.3, 0.4) is 0 Å². The van der Waals surface area contributed by atoms with Crippen molar-refractivity contribution < 1.29 is 18.4 Å². The van der Waals surface area contributed by atoms with Crippen LogP contribution in [0.5, 0.6) is 5.75 Å². The summed E-state index contributed by atoms with van der Waals surface area (Å²) in [4.78, 5) is 5.11. The average Bonchev–Trinajstić information content (AvgIpc) is 2.45. The van der Waals surface area contributed by atoms with E-state index in [9.17, 15) is 8.78 Å². The average molecular weight is 312 g/mol. The standard InChI is InChI=1S/C15H12ClF2NO2/c16-13-6-3-4-11(8-13)10-20-19-9-12-5-1-2-7-14(12)21-15(17)18/h1-9,15H,10H2/b19-9+. The van der Waals surface area contributed by atoms with Crippen molar-refractivity contribution in [3.63, 3.8) is 0 Å². The second kappa shape index (κ2) is 7.59. The van der Waals surface area contributed by atoms with Crippen molar-refractivity contribution >= 4 is 17.8 Å². The monoisotopic (exact) mass is 311 g/mol. The van der Waals surface area contributed by atoms with E-state index in [1.807, 2.05) is 6.07 Å². The summed E-state index contributed by atoms with van der Waals surface area (Å²) in [5, 5.41) is 4.35. The molecule has 2 rings (SSSR count). The van der Waals surface area contributed by atoms with E-state index in [4.69, 9.17) is 16.4 Å². The fourth-order valence-corrected chi connectivity index (χ4v) is 1.84. The summed E-state index contributed by atoms with van der Waals surface area (Å²) in [5.41, 5.74) is 1.26. The summed E-state index contributed by atoms with van der Waals surface area (Å²) >= 11 is 5.84. The maximum absolute atomic E-state index is 12.2. The number of oxime groups is 1. The summed E-state index contributed by atoms with van der Waals surface area (Å²) in [6.45, 7) is -2.65. The first kappa shape index (κ1) is 15.3. The van der Waals surface area contributed by atoms with Crippen LogP contribution in [-0.2, 0) is 11.4 Å². The Morgan fingerprint density at radius 3 is 2.71 bits per heavy atom. The minimum absolute atomic E-state index is 0.0441. The number of rotatable bonds is 6. The molecule has 3 nitrogen and oxygen atoms in total. The van der Waals surface area contributed by atoms with Crippen LogP contribution in [-0.4, -0.2) is 12.8 Å². The van der Waals surface area contributed by atoms with Gasteiger partial charge in [-0.2, -0.15) is 8.78 Å². The van der Waals surface area contributed by atoms with Gasteiger partial charge in [0.15, 0.2) is 0 Å². The highest BCUT2D eigenvalue weighted by Crippen LogP contribution is 2.18. The highest BCUT2D eigenvalue weighted by atomic mass is 35.5. The molecule has 2 aromatic rings. The summed E-state index contributed by atoms with van der Waals surface area (Å²) in [5.74, 6) is 0.0441. The molecule has 0 radical (unpaired) electrons. The van der Waals surface area contributed by atoms with Gasteiger partial charge in [-0.25, -0.2) is 0 Å². The van der Waals surface area contributed by atoms with E-state index in [-0.39, 0.29) is 12.4 Å². The lowest BCUT2D eigenvalue weighted by molar-refractivity contribution is -0.0499. The van der Waals surface area contributed by atoms with Gasteiger partial charge in [0.25, 0.3) is 0 Å². The molecule has 0 aromatic heterocycles. The summed E-state index contributed by atoms with van der Waals surface area (Å²) in [6.07, 6.45) is 1.32. The smallest absolute Gasteiger partial charge is 0.387 e. The number of nitrogens with zero attached hydrogens (tertiary/aromatic N) is 1. The molecule has 0 heterocycles. The van der Waals surface area contributed by atoms with Crippen molar-refractivity contribution in [2.24, 2.45) is 5.16 Å². The Balaban J connectivity index is 1.95. The summed E-state index contributed by atoms with van der Waals surface area (Å²) in [7, 11) is 0. The lowest BCUT2D eigenvalue weighted by atomic mass is 10.2. The van der Waals surface area contributed by atoms with Gasteiger partial charge < -0.3 is 9.57 Å². The fraction of sp³-hybridized carbons (Fsp3) is 0.133. The Labute approximate surface area is 125 Å². The van der Waals surface area contributed by atoms with E-state index < -0.39 is 6.61 Å². The fourth-order valence-electron chi connectivity index (χ4n) is 1.62. The van der Waals surface area contributed by atoms with Crippen LogP contribution >= 0.6 is 11.6 Å². The van der Waals surface area contributed by atoms with Crippen LogP contribution in [0.4, 0.5) is 8.78 Å². The predicted octanol–water partition coefficient (Wildman–Crippen LogP) is 4.49. The number of hydrogen-bond donors (Lipinski definition) is 0. The molecular weight excluding hydrogens is 300 g/mol. The van der Waals surface area contributed by atoms with Gasteiger partial charge in [-0.1, -0.05) is 41.0 Å². The number of para-hydroxylation sites is 1. The van der Waals surface area contributed by atoms with E-state index in [0.717, 1.165) is 5.56 Å². The van der Waals surface area contributed by atoms with Crippen molar-refractivity contribution in [1.82, 2.24) is 0 Å². The van der Waals surface area contributed by atoms with Gasteiger partial charge in [0.1, 0.15) is 12.4 Å². The van der Waals surface area contributed by atoms with Crippen molar-refractivity contribution in [2.75, 3.05) is 0 Å². The molecule has 0 saturated carbocycles. The van der Waals surface area contributed by atoms with Gasteiger partial charge in [-0.3, -0.25) is 0 Å². The maximum Gasteiger partial charge on any atom is 0.387 e. The lowest BCUT2D eigenvalue weighted by Gasteiger charge is -2.06. The Kier molecular flexibility index (Phi) is 5.51. The molecule has 0 unspecified atom stereocenters. The van der Waals surface area contributed by atoms with E-state index in [0.29, 0.717) is 10.6 Å². The Morgan fingerprint density at radius 1 is 1.14 bits per heavy atom. The molecule has 110 valence electrons. The van der Waals surface area contributed by atoms with Gasteiger partial charge in [0, 0.05) is 10.6 Å². The topological polar surface area (TPSA) is 30.8 Å². The molecule has 0 fully saturated rings. The first-order valence-corrected chi connectivity index (χ1v) is 6.46. The van der Waals surface area contributed by atoms with E-state index in [1.54, 1.807) is 36.4 Å². The van der Waals surface area contributed by atoms with Crippen molar-refractivity contribution in [1.29, 1.82) is 0 Å². The molecule has 0 N–H and O–H groups in total. The minimum atomic E-state index is -2.88. The van der Waals surface area contributed by atoms with Gasteiger partial charge >= 0.3 is 6.61 Å². The summed E-state index contributed by atoms with van der Waals surface area (Å²) < 4.78 is 28.9. The van der Waals surface area contributed by atoms with Crippen LogP contribution in [0.15, 0.2) is 53.7 Å². The van der Waals surface area contributed by atoms with E-state index in [2.05, 4.69) is 9.89 Å². The second-order valence-corrected chi connectivity index (χ2v) is 4.49. The third kappa shape index (κ3) is 5.04. The number of ether oxygens (including phenoxy) is 1. The molecule has 6 heteroatoms. The van der Waals surface area contributed by atoms with Crippen LogP contribution in [0, 0.1) is 0 Å². The zero-order valence-electron chi connectivity index (χ0n) is 10.9. The number of hydrogen-bond acceptors (Lipinski definition) is 3. The highest BCUT2D eigenvalue weighted by Gasteiger charge is 2.07. The molecule has 2 aromatic carbocycles. The molecule has 0 spiro atoms. The number of benzene rings is 2. The molecule has 0 aliphatic heterocycles. The van der Waals surface area contributed by atoms with Crippen LogP contribution < -0.4 is 4.74 Å². The third-order valence-electron chi connectivity index (χ3n) is 2.52. The lowest BCUT2D eigenvalue weighted by Crippen LogP contribution is -2.04. The van der Waals surface area contributed by atoms with Crippen molar-refractivity contribution in [2.45, 2.75) is 13.2 Å². The third-order valence-corrected chi connectivity index (χ3v) is 2.76. The normalized spacial score (nSPS) is 11.0. The highest BCUT2D eigenvalue weighted by molar-refractivity contribution is 6.30. The molecular formula is C15H12ClF2NO2. The van der Waals surface area contributed by atoms with Gasteiger partial charge in [0.2, 0.25) is 0 Å². The Morgan fingerprint density at radius 2 is 1.95 bits per heavy atom. The van der Waals surface area contributed by atoms with E-state index in [1.165, 1.54) is 12.3 Å². The SMILES string of the molecule is FC(F)Oc1ccccc1/C=N/OCc1cccc(Cl)c1. The van der Waals surface area contributed by atoms with Crippen molar-refractivity contribution in [3.05, 3.63) is 64.7 Å². The Hall–Kier alpha value is -2.14. The first-order chi connectivity index (χ1) is 10.1. The van der Waals surface area contributed by atoms with E-state index >= 15 is 0 Å². The van der Waals surface area contributed by atoms with Crippen LogP contribution in [0.1, 0.15) is 11.1 Å². The maximum atomic E-state index is 12.2. The zero-order chi connectivity index (χ0) is 15.1. The number of halogens is 3.